The van der Waals surface area contributed by atoms with Crippen LogP contribution in [0, 0.1) is 5.92 Å². The number of aryl methyl sites for hydroxylation is 2. The number of rotatable bonds is 0. The van der Waals surface area contributed by atoms with Crippen molar-refractivity contribution in [2.45, 2.75) is 39.0 Å². The molecule has 0 saturated carbocycles. The minimum absolute atomic E-state index is 0. The van der Waals surface area contributed by atoms with Crippen LogP contribution in [-0.2, 0) is 45.1 Å². The molecule has 0 saturated heterocycles. The van der Waals surface area contributed by atoms with Crippen LogP contribution in [-0.4, -0.2) is 0 Å². The SMILES string of the molecule is C[C-]1CCc2ccc3c(c21)CCC3.[Hf]. The first-order valence-corrected chi connectivity index (χ1v) is 5.32. The molecule has 0 unspecified atom stereocenters. The fourth-order valence-corrected chi connectivity index (χ4v) is 2.90. The van der Waals surface area contributed by atoms with Gasteiger partial charge in [-0.2, -0.15) is 11.5 Å². The van der Waals surface area contributed by atoms with Gasteiger partial charge < -0.3 is 0 Å². The van der Waals surface area contributed by atoms with E-state index < -0.39 is 0 Å². The summed E-state index contributed by atoms with van der Waals surface area (Å²) in [5.41, 5.74) is 6.57. The van der Waals surface area contributed by atoms with Crippen molar-refractivity contribution < 1.29 is 25.8 Å². The molecule has 0 amide bonds. The second kappa shape index (κ2) is 3.84. The molecule has 72 valence electrons. The molecule has 0 aliphatic heterocycles. The van der Waals surface area contributed by atoms with Crippen LogP contribution in [0.25, 0.3) is 0 Å². The molecule has 0 bridgehead atoms. The second-order valence-electron chi connectivity index (χ2n) is 4.37. The topological polar surface area (TPSA) is 0 Å². The fraction of sp³-hybridized carbons (Fsp3) is 0.462. The van der Waals surface area contributed by atoms with Crippen LogP contribution in [0.5, 0.6) is 0 Å². The van der Waals surface area contributed by atoms with Gasteiger partial charge in [0, 0.05) is 25.8 Å². The maximum atomic E-state index is 2.36. The fourth-order valence-electron chi connectivity index (χ4n) is 2.90. The van der Waals surface area contributed by atoms with Gasteiger partial charge in [-0.3, -0.25) is 0 Å². The zero-order chi connectivity index (χ0) is 8.84. The van der Waals surface area contributed by atoms with Crippen molar-refractivity contribution in [1.82, 2.24) is 0 Å². The number of hydrogen-bond donors (Lipinski definition) is 0. The normalized spacial score (nSPS) is 17.6. The summed E-state index contributed by atoms with van der Waals surface area (Å²) < 4.78 is 0. The Kier molecular flexibility index (Phi) is 2.88. The largest absolute Gasteiger partial charge is 0.182 e. The Bertz CT molecular complexity index is 354. The Morgan fingerprint density at radius 3 is 2.71 bits per heavy atom. The van der Waals surface area contributed by atoms with Crippen molar-refractivity contribution in [3.8, 4) is 0 Å². The quantitative estimate of drug-likeness (QED) is 0.499. The summed E-state index contributed by atoms with van der Waals surface area (Å²) in [6.07, 6.45) is 6.60. The van der Waals surface area contributed by atoms with Crippen LogP contribution in [0.15, 0.2) is 12.1 Å². The summed E-state index contributed by atoms with van der Waals surface area (Å²) in [5.74, 6) is 1.63. The number of benzene rings is 1. The summed E-state index contributed by atoms with van der Waals surface area (Å²) in [7, 11) is 0. The standard InChI is InChI=1S/C13H15.Hf/c1-9-5-6-11-8-7-10-3-2-4-12(10)13(9)11;/h7-8H,2-6H2,1H3;/q-1;. The van der Waals surface area contributed by atoms with Crippen molar-refractivity contribution in [3.63, 3.8) is 0 Å². The third-order valence-electron chi connectivity index (χ3n) is 3.57. The zero-order valence-electron chi connectivity index (χ0n) is 8.69. The average molecular weight is 350 g/mol. The van der Waals surface area contributed by atoms with E-state index >= 15 is 0 Å². The Morgan fingerprint density at radius 2 is 1.86 bits per heavy atom. The van der Waals surface area contributed by atoms with Crippen LogP contribution < -0.4 is 0 Å². The van der Waals surface area contributed by atoms with Gasteiger partial charge in [0.25, 0.3) is 0 Å². The smallest absolute Gasteiger partial charge is 0 e. The van der Waals surface area contributed by atoms with Gasteiger partial charge in [-0.1, -0.05) is 38.7 Å². The number of fused-ring (bicyclic) bond motifs is 3. The van der Waals surface area contributed by atoms with Crippen LogP contribution in [0.3, 0.4) is 0 Å². The van der Waals surface area contributed by atoms with Gasteiger partial charge in [0.1, 0.15) is 0 Å². The minimum atomic E-state index is 0. The van der Waals surface area contributed by atoms with E-state index in [4.69, 9.17) is 0 Å². The summed E-state index contributed by atoms with van der Waals surface area (Å²) in [4.78, 5) is 0. The van der Waals surface area contributed by atoms with E-state index in [0.29, 0.717) is 0 Å². The predicted molar refractivity (Wildman–Crippen MR) is 54.8 cm³/mol. The Morgan fingerprint density at radius 1 is 1.07 bits per heavy atom. The molecule has 0 spiro atoms. The Hall–Kier alpha value is -0.0399. The predicted octanol–water partition coefficient (Wildman–Crippen LogP) is 3.06. The first kappa shape index (κ1) is 10.5. The molecule has 14 heavy (non-hydrogen) atoms. The molecular weight excluding hydrogens is 335 g/mol. The van der Waals surface area contributed by atoms with Gasteiger partial charge in [-0.25, -0.2) is 0 Å². The monoisotopic (exact) mass is 351 g/mol. The van der Waals surface area contributed by atoms with E-state index in [2.05, 4.69) is 19.1 Å². The van der Waals surface area contributed by atoms with E-state index in [-0.39, 0.29) is 25.8 Å². The summed E-state index contributed by atoms with van der Waals surface area (Å²) in [6.45, 7) is 2.31. The molecular formula is C13H15Hf-. The molecule has 2 aliphatic rings. The summed E-state index contributed by atoms with van der Waals surface area (Å²) in [5, 5.41) is 0. The van der Waals surface area contributed by atoms with E-state index in [1.54, 1.807) is 28.2 Å². The molecule has 0 N–H and O–H groups in total. The van der Waals surface area contributed by atoms with E-state index in [1.165, 1.54) is 32.1 Å². The van der Waals surface area contributed by atoms with Crippen molar-refractivity contribution in [3.05, 3.63) is 40.3 Å². The van der Waals surface area contributed by atoms with Crippen LogP contribution in [0.4, 0.5) is 0 Å². The van der Waals surface area contributed by atoms with Crippen molar-refractivity contribution in [1.29, 1.82) is 0 Å². The zero-order valence-corrected chi connectivity index (χ0v) is 12.3. The van der Waals surface area contributed by atoms with Crippen molar-refractivity contribution >= 4 is 0 Å². The third-order valence-corrected chi connectivity index (χ3v) is 3.57. The molecule has 1 aromatic rings. The minimum Gasteiger partial charge on any atom is -0.182 e. The molecule has 2 aliphatic carbocycles. The van der Waals surface area contributed by atoms with Crippen LogP contribution in [0.1, 0.15) is 42.0 Å². The molecule has 0 aromatic heterocycles. The van der Waals surface area contributed by atoms with E-state index in [1.807, 2.05) is 0 Å². The third kappa shape index (κ3) is 1.41. The molecule has 0 atom stereocenters. The first-order valence-electron chi connectivity index (χ1n) is 5.32. The van der Waals surface area contributed by atoms with E-state index in [9.17, 15) is 0 Å². The van der Waals surface area contributed by atoms with Crippen LogP contribution >= 0.6 is 0 Å². The van der Waals surface area contributed by atoms with Crippen molar-refractivity contribution in [2.24, 2.45) is 0 Å². The Balaban J connectivity index is 0.000000750. The maximum absolute atomic E-state index is 2.36. The first-order chi connectivity index (χ1) is 6.36. The maximum Gasteiger partial charge on any atom is 0 e. The van der Waals surface area contributed by atoms with Gasteiger partial charge in [0.05, 0.1) is 0 Å². The average Bonchev–Trinajstić information content (AvgIpc) is 2.70. The molecule has 1 aromatic carbocycles. The second-order valence-corrected chi connectivity index (χ2v) is 4.37. The van der Waals surface area contributed by atoms with Gasteiger partial charge in [0.2, 0.25) is 0 Å². The Labute approximate surface area is 105 Å². The molecule has 1 heteroatoms. The van der Waals surface area contributed by atoms with E-state index in [0.717, 1.165) is 0 Å². The molecule has 0 fully saturated rings. The van der Waals surface area contributed by atoms with Gasteiger partial charge >= 0.3 is 0 Å². The van der Waals surface area contributed by atoms with Gasteiger partial charge in [-0.05, 0) is 6.42 Å². The van der Waals surface area contributed by atoms with Crippen molar-refractivity contribution in [2.75, 3.05) is 0 Å². The summed E-state index contributed by atoms with van der Waals surface area (Å²) in [6, 6.07) is 4.72. The molecule has 3 rings (SSSR count). The molecule has 0 nitrogen and oxygen atoms in total. The van der Waals surface area contributed by atoms with Gasteiger partial charge in [-0.15, -0.1) is 22.8 Å². The number of hydrogen-bond acceptors (Lipinski definition) is 0. The van der Waals surface area contributed by atoms with Crippen LogP contribution in [0.2, 0.25) is 0 Å². The molecule has 0 radical (unpaired) electrons. The summed E-state index contributed by atoms with van der Waals surface area (Å²) >= 11 is 0. The molecule has 0 heterocycles. The van der Waals surface area contributed by atoms with Gasteiger partial charge in [0.15, 0.2) is 0 Å².